The zero-order valence-corrected chi connectivity index (χ0v) is 10.6. The second kappa shape index (κ2) is 5.13. The Balaban J connectivity index is 2.17. The van der Waals surface area contributed by atoms with Crippen LogP contribution < -0.4 is 4.90 Å². The SMILES string of the molecule is Cc1ccc([N+](=O)[O-])cc1N1CCN(C(=O)O)CC1. The fourth-order valence-electron chi connectivity index (χ4n) is 2.19. The first kappa shape index (κ1) is 13.1. The molecule has 1 amide bonds. The van der Waals surface area contributed by atoms with Crippen LogP contribution in [0.25, 0.3) is 0 Å². The summed E-state index contributed by atoms with van der Waals surface area (Å²) < 4.78 is 0. The van der Waals surface area contributed by atoms with E-state index in [9.17, 15) is 14.9 Å². The molecular weight excluding hydrogens is 250 g/mol. The van der Waals surface area contributed by atoms with Gasteiger partial charge in [0, 0.05) is 44.0 Å². The van der Waals surface area contributed by atoms with Crippen molar-refractivity contribution in [3.05, 3.63) is 33.9 Å². The van der Waals surface area contributed by atoms with Crippen molar-refractivity contribution in [2.45, 2.75) is 6.92 Å². The summed E-state index contributed by atoms with van der Waals surface area (Å²) in [5, 5.41) is 19.7. The normalized spacial score (nSPS) is 15.4. The highest BCUT2D eigenvalue weighted by molar-refractivity contribution is 5.66. The second-order valence-electron chi connectivity index (χ2n) is 4.48. The van der Waals surface area contributed by atoms with Crippen molar-refractivity contribution in [1.82, 2.24) is 4.90 Å². The molecule has 0 saturated carbocycles. The minimum absolute atomic E-state index is 0.0567. The predicted octanol–water partition coefficient (Wildman–Crippen LogP) is 1.70. The highest BCUT2D eigenvalue weighted by Crippen LogP contribution is 2.26. The minimum atomic E-state index is -0.921. The molecule has 7 nitrogen and oxygen atoms in total. The van der Waals surface area contributed by atoms with E-state index in [0.29, 0.717) is 26.2 Å². The number of hydrogen-bond acceptors (Lipinski definition) is 4. The van der Waals surface area contributed by atoms with Crippen LogP contribution in [0.4, 0.5) is 16.2 Å². The van der Waals surface area contributed by atoms with Crippen LogP contribution in [0.15, 0.2) is 18.2 Å². The Kier molecular flexibility index (Phi) is 3.55. The summed E-state index contributed by atoms with van der Waals surface area (Å²) in [4.78, 5) is 24.5. The van der Waals surface area contributed by atoms with Gasteiger partial charge in [0.1, 0.15) is 0 Å². The molecule has 7 heteroatoms. The smallest absolute Gasteiger partial charge is 0.407 e. The minimum Gasteiger partial charge on any atom is -0.465 e. The van der Waals surface area contributed by atoms with Crippen LogP contribution in [0, 0.1) is 17.0 Å². The maximum absolute atomic E-state index is 10.8. The zero-order chi connectivity index (χ0) is 14.0. The van der Waals surface area contributed by atoms with Crippen LogP contribution in [0.1, 0.15) is 5.56 Å². The van der Waals surface area contributed by atoms with Gasteiger partial charge < -0.3 is 14.9 Å². The standard InChI is InChI=1S/C12H15N3O4/c1-9-2-3-10(15(18)19)8-11(9)13-4-6-14(7-5-13)12(16)17/h2-3,8H,4-7H2,1H3,(H,16,17). The number of nitro groups is 1. The number of nitro benzene ring substituents is 1. The number of amides is 1. The molecule has 19 heavy (non-hydrogen) atoms. The lowest BCUT2D eigenvalue weighted by Crippen LogP contribution is -2.48. The van der Waals surface area contributed by atoms with Gasteiger partial charge in [0.05, 0.1) is 4.92 Å². The van der Waals surface area contributed by atoms with Gasteiger partial charge >= 0.3 is 6.09 Å². The lowest BCUT2D eigenvalue weighted by molar-refractivity contribution is -0.384. The molecule has 0 bridgehead atoms. The van der Waals surface area contributed by atoms with E-state index in [0.717, 1.165) is 11.3 Å². The number of aryl methyl sites for hydroxylation is 1. The Bertz CT molecular complexity index is 510. The molecule has 1 aliphatic rings. The van der Waals surface area contributed by atoms with Crippen LogP contribution in [0.3, 0.4) is 0 Å². The first-order chi connectivity index (χ1) is 8.99. The molecule has 0 aliphatic carbocycles. The fraction of sp³-hybridized carbons (Fsp3) is 0.417. The number of piperazine rings is 1. The van der Waals surface area contributed by atoms with Gasteiger partial charge in [0.2, 0.25) is 0 Å². The highest BCUT2D eigenvalue weighted by Gasteiger charge is 2.22. The summed E-state index contributed by atoms with van der Waals surface area (Å²) in [7, 11) is 0. The summed E-state index contributed by atoms with van der Waals surface area (Å²) in [6.07, 6.45) is -0.921. The van der Waals surface area contributed by atoms with Crippen molar-refractivity contribution in [3.8, 4) is 0 Å². The molecule has 0 atom stereocenters. The lowest BCUT2D eigenvalue weighted by Gasteiger charge is -2.35. The quantitative estimate of drug-likeness (QED) is 0.649. The van der Waals surface area contributed by atoms with Crippen molar-refractivity contribution in [3.63, 3.8) is 0 Å². The Morgan fingerprint density at radius 2 is 1.95 bits per heavy atom. The van der Waals surface area contributed by atoms with Gasteiger partial charge in [-0.1, -0.05) is 6.07 Å². The van der Waals surface area contributed by atoms with Gasteiger partial charge in [-0.15, -0.1) is 0 Å². The predicted molar refractivity (Wildman–Crippen MR) is 69.6 cm³/mol. The van der Waals surface area contributed by atoms with Crippen molar-refractivity contribution in [2.24, 2.45) is 0 Å². The number of carbonyl (C=O) groups is 1. The van der Waals surface area contributed by atoms with E-state index in [1.165, 1.54) is 11.0 Å². The van der Waals surface area contributed by atoms with Crippen molar-refractivity contribution in [2.75, 3.05) is 31.1 Å². The Morgan fingerprint density at radius 1 is 1.32 bits per heavy atom. The molecule has 0 unspecified atom stereocenters. The average molecular weight is 265 g/mol. The number of non-ortho nitro benzene ring substituents is 1. The summed E-state index contributed by atoms with van der Waals surface area (Å²) in [6.45, 7) is 3.82. The van der Waals surface area contributed by atoms with E-state index in [4.69, 9.17) is 5.11 Å². The molecule has 1 N–H and O–H groups in total. The number of carboxylic acid groups (broad SMARTS) is 1. The van der Waals surface area contributed by atoms with Crippen LogP contribution in [0.2, 0.25) is 0 Å². The van der Waals surface area contributed by atoms with E-state index >= 15 is 0 Å². The van der Waals surface area contributed by atoms with Crippen molar-refractivity contribution < 1.29 is 14.8 Å². The molecule has 1 heterocycles. The van der Waals surface area contributed by atoms with E-state index < -0.39 is 11.0 Å². The first-order valence-electron chi connectivity index (χ1n) is 5.97. The highest BCUT2D eigenvalue weighted by atomic mass is 16.6. The maximum Gasteiger partial charge on any atom is 0.407 e. The topological polar surface area (TPSA) is 86.9 Å². The van der Waals surface area contributed by atoms with Gasteiger partial charge in [-0.25, -0.2) is 4.79 Å². The van der Waals surface area contributed by atoms with Crippen LogP contribution >= 0.6 is 0 Å². The third-order valence-corrected chi connectivity index (χ3v) is 3.29. The van der Waals surface area contributed by atoms with Gasteiger partial charge in [-0.2, -0.15) is 0 Å². The van der Waals surface area contributed by atoms with E-state index in [-0.39, 0.29) is 5.69 Å². The molecule has 1 saturated heterocycles. The Labute approximate surface area is 110 Å². The van der Waals surface area contributed by atoms with Gasteiger partial charge in [0.25, 0.3) is 5.69 Å². The summed E-state index contributed by atoms with van der Waals surface area (Å²) in [6, 6.07) is 4.75. The summed E-state index contributed by atoms with van der Waals surface area (Å²) in [5.41, 5.74) is 1.81. The lowest BCUT2D eigenvalue weighted by atomic mass is 10.1. The zero-order valence-electron chi connectivity index (χ0n) is 10.6. The van der Waals surface area contributed by atoms with Crippen molar-refractivity contribution >= 4 is 17.5 Å². The molecule has 1 aromatic carbocycles. The Hall–Kier alpha value is -2.31. The number of nitrogens with zero attached hydrogens (tertiary/aromatic N) is 3. The largest absolute Gasteiger partial charge is 0.465 e. The number of benzene rings is 1. The molecule has 0 aromatic heterocycles. The number of hydrogen-bond donors (Lipinski definition) is 1. The van der Waals surface area contributed by atoms with E-state index in [1.807, 2.05) is 11.8 Å². The fourth-order valence-corrected chi connectivity index (χ4v) is 2.19. The van der Waals surface area contributed by atoms with Crippen molar-refractivity contribution in [1.29, 1.82) is 0 Å². The molecule has 0 spiro atoms. The molecule has 1 aromatic rings. The van der Waals surface area contributed by atoms with Crippen LogP contribution in [-0.2, 0) is 0 Å². The molecular formula is C12H15N3O4. The first-order valence-corrected chi connectivity index (χ1v) is 5.97. The molecule has 1 fully saturated rings. The molecule has 2 rings (SSSR count). The van der Waals surface area contributed by atoms with Crippen LogP contribution in [0.5, 0.6) is 0 Å². The third-order valence-electron chi connectivity index (χ3n) is 3.29. The summed E-state index contributed by atoms with van der Waals surface area (Å²) in [5.74, 6) is 0. The third kappa shape index (κ3) is 2.75. The number of anilines is 1. The average Bonchev–Trinajstić information content (AvgIpc) is 2.39. The molecule has 0 radical (unpaired) electrons. The van der Waals surface area contributed by atoms with Gasteiger partial charge in [-0.05, 0) is 12.5 Å². The number of rotatable bonds is 2. The monoisotopic (exact) mass is 265 g/mol. The Morgan fingerprint density at radius 3 is 2.47 bits per heavy atom. The summed E-state index contributed by atoms with van der Waals surface area (Å²) >= 11 is 0. The van der Waals surface area contributed by atoms with E-state index in [2.05, 4.69) is 0 Å². The second-order valence-corrected chi connectivity index (χ2v) is 4.48. The van der Waals surface area contributed by atoms with Gasteiger partial charge in [-0.3, -0.25) is 10.1 Å². The maximum atomic E-state index is 10.8. The van der Waals surface area contributed by atoms with E-state index in [1.54, 1.807) is 12.1 Å². The molecule has 1 aliphatic heterocycles. The van der Waals surface area contributed by atoms with Gasteiger partial charge in [0.15, 0.2) is 0 Å². The molecule has 102 valence electrons. The van der Waals surface area contributed by atoms with Crippen LogP contribution in [-0.4, -0.2) is 47.2 Å².